The van der Waals surface area contributed by atoms with Crippen LogP contribution >= 0.6 is 11.8 Å². The molecule has 17 heavy (non-hydrogen) atoms. The van der Waals surface area contributed by atoms with Crippen LogP contribution in [-0.2, 0) is 0 Å². The van der Waals surface area contributed by atoms with Gasteiger partial charge in [-0.1, -0.05) is 26.7 Å². The van der Waals surface area contributed by atoms with E-state index in [4.69, 9.17) is 5.73 Å². The maximum absolute atomic E-state index is 5.95. The van der Waals surface area contributed by atoms with Gasteiger partial charge in [0, 0.05) is 18.6 Å². The highest BCUT2D eigenvalue weighted by Gasteiger charge is 2.18. The van der Waals surface area contributed by atoms with Gasteiger partial charge in [0.1, 0.15) is 0 Å². The van der Waals surface area contributed by atoms with Crippen molar-refractivity contribution in [3.63, 3.8) is 0 Å². The van der Waals surface area contributed by atoms with Gasteiger partial charge in [-0.05, 0) is 44.7 Å². The molecule has 104 valence electrons. The highest BCUT2D eigenvalue weighted by Crippen LogP contribution is 2.13. The summed E-state index contributed by atoms with van der Waals surface area (Å²) in [5.74, 6) is 2.46. The van der Waals surface area contributed by atoms with Gasteiger partial charge in [-0.25, -0.2) is 0 Å². The molecule has 0 bridgehead atoms. The van der Waals surface area contributed by atoms with Crippen molar-refractivity contribution in [2.24, 2.45) is 5.73 Å². The molecule has 0 aromatic rings. The Hall–Kier alpha value is 0.270. The average molecular weight is 260 g/mol. The molecular weight excluding hydrogens is 228 g/mol. The minimum atomic E-state index is 0.575. The third-order valence-corrected chi connectivity index (χ3v) is 4.16. The summed E-state index contributed by atoms with van der Waals surface area (Å²) in [5, 5.41) is 0. The molecule has 1 unspecified atom stereocenters. The van der Waals surface area contributed by atoms with Gasteiger partial charge < -0.3 is 5.73 Å². The summed E-state index contributed by atoms with van der Waals surface area (Å²) in [7, 11) is 0. The van der Waals surface area contributed by atoms with Crippen LogP contribution in [0.25, 0.3) is 0 Å². The van der Waals surface area contributed by atoms with Crippen LogP contribution < -0.4 is 5.73 Å². The second kappa shape index (κ2) is 11.4. The Labute approximate surface area is 113 Å². The summed E-state index contributed by atoms with van der Waals surface area (Å²) in [4.78, 5) is 2.60. The molecule has 0 saturated carbocycles. The molecule has 0 aromatic heterocycles. The summed E-state index contributed by atoms with van der Waals surface area (Å²) < 4.78 is 0. The van der Waals surface area contributed by atoms with Crippen LogP contribution in [0.2, 0.25) is 0 Å². The molecule has 0 rings (SSSR count). The number of hydrogen-bond donors (Lipinski definition) is 1. The van der Waals surface area contributed by atoms with Crippen LogP contribution in [0.4, 0.5) is 0 Å². The predicted molar refractivity (Wildman–Crippen MR) is 81.8 cm³/mol. The molecule has 0 spiro atoms. The number of thioether (sulfide) groups is 1. The lowest BCUT2D eigenvalue weighted by molar-refractivity contribution is 0.150. The Kier molecular flexibility index (Phi) is 11.5. The van der Waals surface area contributed by atoms with E-state index < -0.39 is 0 Å². The number of rotatable bonds is 11. The van der Waals surface area contributed by atoms with E-state index >= 15 is 0 Å². The molecule has 0 aliphatic carbocycles. The highest BCUT2D eigenvalue weighted by atomic mass is 32.2. The van der Waals surface area contributed by atoms with Crippen LogP contribution in [0.5, 0.6) is 0 Å². The van der Waals surface area contributed by atoms with Crippen molar-refractivity contribution in [3.05, 3.63) is 0 Å². The molecule has 0 amide bonds. The molecule has 0 radical (unpaired) electrons. The summed E-state index contributed by atoms with van der Waals surface area (Å²) in [6, 6.07) is 1.19. The zero-order chi connectivity index (χ0) is 13.1. The second-order valence-electron chi connectivity index (χ2n) is 4.91. The fraction of sp³-hybridized carbons (Fsp3) is 1.00. The van der Waals surface area contributed by atoms with E-state index in [1.54, 1.807) is 0 Å². The van der Waals surface area contributed by atoms with Crippen molar-refractivity contribution in [1.29, 1.82) is 0 Å². The van der Waals surface area contributed by atoms with E-state index in [1.165, 1.54) is 43.7 Å². The summed E-state index contributed by atoms with van der Waals surface area (Å²) >= 11 is 2.03. The normalized spacial score (nSPS) is 13.6. The molecule has 0 saturated heterocycles. The van der Waals surface area contributed by atoms with Gasteiger partial charge in [0.15, 0.2) is 0 Å². The van der Waals surface area contributed by atoms with Crippen LogP contribution in [-0.4, -0.2) is 41.6 Å². The van der Waals surface area contributed by atoms with Gasteiger partial charge in [0.05, 0.1) is 0 Å². The Morgan fingerprint density at radius 2 is 1.88 bits per heavy atom. The molecule has 0 aliphatic rings. The van der Waals surface area contributed by atoms with Crippen molar-refractivity contribution in [2.45, 2.75) is 65.5 Å². The van der Waals surface area contributed by atoms with E-state index in [0.717, 1.165) is 6.54 Å². The smallest absolute Gasteiger partial charge is 0.0228 e. The Morgan fingerprint density at radius 1 is 1.18 bits per heavy atom. The largest absolute Gasteiger partial charge is 0.329 e. The maximum Gasteiger partial charge on any atom is 0.0228 e. The molecule has 1 atom stereocenters. The second-order valence-corrected chi connectivity index (χ2v) is 6.31. The van der Waals surface area contributed by atoms with Crippen LogP contribution in [0, 0.1) is 0 Å². The van der Waals surface area contributed by atoms with E-state index in [-0.39, 0.29) is 0 Å². The lowest BCUT2D eigenvalue weighted by Gasteiger charge is -2.34. The fourth-order valence-corrected chi connectivity index (χ4v) is 2.92. The summed E-state index contributed by atoms with van der Waals surface area (Å²) in [6.45, 7) is 11.1. The van der Waals surface area contributed by atoms with Crippen LogP contribution in [0.1, 0.15) is 53.4 Å². The minimum Gasteiger partial charge on any atom is -0.329 e. The first-order chi connectivity index (χ1) is 8.17. The van der Waals surface area contributed by atoms with Crippen LogP contribution in [0.15, 0.2) is 0 Å². The number of nitrogens with two attached hydrogens (primary N) is 1. The molecule has 0 fully saturated rings. The Morgan fingerprint density at radius 3 is 2.35 bits per heavy atom. The topological polar surface area (TPSA) is 29.3 Å². The average Bonchev–Trinajstić information content (AvgIpc) is 2.31. The molecule has 2 N–H and O–H groups in total. The van der Waals surface area contributed by atoms with E-state index in [1.807, 2.05) is 11.8 Å². The first-order valence-electron chi connectivity index (χ1n) is 7.20. The molecule has 0 aliphatic heterocycles. The molecular formula is C14H32N2S. The zero-order valence-corrected chi connectivity index (χ0v) is 13.1. The van der Waals surface area contributed by atoms with E-state index in [9.17, 15) is 0 Å². The zero-order valence-electron chi connectivity index (χ0n) is 12.2. The van der Waals surface area contributed by atoms with Gasteiger partial charge in [0.2, 0.25) is 0 Å². The third kappa shape index (κ3) is 8.06. The molecule has 2 nitrogen and oxygen atoms in total. The minimum absolute atomic E-state index is 0.575. The van der Waals surface area contributed by atoms with Crippen molar-refractivity contribution in [3.8, 4) is 0 Å². The van der Waals surface area contributed by atoms with Crippen molar-refractivity contribution >= 4 is 11.8 Å². The van der Waals surface area contributed by atoms with E-state index in [2.05, 4.69) is 32.6 Å². The van der Waals surface area contributed by atoms with Gasteiger partial charge in [0.25, 0.3) is 0 Å². The van der Waals surface area contributed by atoms with Gasteiger partial charge in [-0.3, -0.25) is 4.90 Å². The molecule has 3 heteroatoms. The lowest BCUT2D eigenvalue weighted by Crippen LogP contribution is -2.45. The van der Waals surface area contributed by atoms with Gasteiger partial charge in [-0.15, -0.1) is 0 Å². The number of nitrogens with zero attached hydrogens (tertiary/aromatic N) is 1. The predicted octanol–water partition coefficient (Wildman–Crippen LogP) is 3.36. The monoisotopic (exact) mass is 260 g/mol. The fourth-order valence-electron chi connectivity index (χ4n) is 2.19. The number of unbranched alkanes of at least 4 members (excludes halogenated alkanes) is 2. The van der Waals surface area contributed by atoms with Crippen molar-refractivity contribution in [2.75, 3.05) is 24.6 Å². The van der Waals surface area contributed by atoms with Crippen LogP contribution in [0.3, 0.4) is 0 Å². The maximum atomic E-state index is 5.95. The number of hydrogen-bond acceptors (Lipinski definition) is 3. The quantitative estimate of drug-likeness (QED) is 0.578. The first kappa shape index (κ1) is 17.3. The Bertz CT molecular complexity index is 162. The van der Waals surface area contributed by atoms with Crippen molar-refractivity contribution in [1.82, 2.24) is 4.90 Å². The van der Waals surface area contributed by atoms with Crippen molar-refractivity contribution < 1.29 is 0 Å². The molecule has 0 heterocycles. The SMILES string of the molecule is CCCCCN(C(C)C)C(CN)CCSCC. The summed E-state index contributed by atoms with van der Waals surface area (Å²) in [6.07, 6.45) is 5.18. The highest BCUT2D eigenvalue weighted by molar-refractivity contribution is 7.99. The van der Waals surface area contributed by atoms with Gasteiger partial charge in [-0.2, -0.15) is 11.8 Å². The lowest BCUT2D eigenvalue weighted by atomic mass is 10.1. The summed E-state index contributed by atoms with van der Waals surface area (Å²) in [5.41, 5.74) is 5.95. The first-order valence-corrected chi connectivity index (χ1v) is 8.36. The molecule has 0 aromatic carbocycles. The van der Waals surface area contributed by atoms with Gasteiger partial charge >= 0.3 is 0 Å². The standard InChI is InChI=1S/C14H32N2S/c1-5-7-8-10-16(13(3)4)14(12-15)9-11-17-6-2/h13-14H,5-12,15H2,1-4H3. The third-order valence-electron chi connectivity index (χ3n) is 3.22. The van der Waals surface area contributed by atoms with E-state index in [0.29, 0.717) is 12.1 Å². The Balaban J connectivity index is 4.11.